The summed E-state index contributed by atoms with van der Waals surface area (Å²) in [5.41, 5.74) is 2.56. The molecule has 0 saturated carbocycles. The number of thiophene rings is 1. The van der Waals surface area contributed by atoms with Crippen LogP contribution in [0.25, 0.3) is 10.2 Å². The summed E-state index contributed by atoms with van der Waals surface area (Å²) in [7, 11) is 1.27. The number of pyridine rings is 1. The Balaban J connectivity index is 1.18. The molecule has 0 bridgehead atoms. The quantitative estimate of drug-likeness (QED) is 0.209. The first kappa shape index (κ1) is 30.6. The zero-order chi connectivity index (χ0) is 32.2. The first-order valence-electron chi connectivity index (χ1n) is 14.8. The van der Waals surface area contributed by atoms with Crippen molar-refractivity contribution in [2.24, 2.45) is 0 Å². The number of nitrogens with zero attached hydrogens (tertiary/aromatic N) is 3. The summed E-state index contributed by atoms with van der Waals surface area (Å²) in [4.78, 5) is 59.8. The van der Waals surface area contributed by atoms with E-state index in [1.165, 1.54) is 24.5 Å². The molecule has 0 radical (unpaired) electrons. The van der Waals surface area contributed by atoms with E-state index in [0.717, 1.165) is 12.0 Å². The number of methoxy groups -OCH3 is 1. The lowest BCUT2D eigenvalue weighted by molar-refractivity contribution is -0.127. The zero-order valence-electron chi connectivity index (χ0n) is 25.2. The lowest BCUT2D eigenvalue weighted by Gasteiger charge is -2.32. The van der Waals surface area contributed by atoms with Crippen molar-refractivity contribution in [3.05, 3.63) is 83.4 Å². The molecule has 0 unspecified atom stereocenters. The summed E-state index contributed by atoms with van der Waals surface area (Å²) in [6.07, 6.45) is 5.42. The van der Waals surface area contributed by atoms with Gasteiger partial charge >= 0.3 is 12.1 Å². The molecule has 46 heavy (non-hydrogen) atoms. The summed E-state index contributed by atoms with van der Waals surface area (Å²) in [5, 5.41) is 9.17. The Kier molecular flexibility index (Phi) is 8.83. The molecule has 2 aromatic carbocycles. The largest absolute Gasteiger partial charge is 0.457 e. The summed E-state index contributed by atoms with van der Waals surface area (Å²) in [5.74, 6) is 0.811. The summed E-state index contributed by atoms with van der Waals surface area (Å²) < 4.78 is 10.5. The van der Waals surface area contributed by atoms with Crippen LogP contribution in [-0.2, 0) is 9.53 Å². The van der Waals surface area contributed by atoms with E-state index in [1.807, 2.05) is 55.5 Å². The Morgan fingerprint density at radius 1 is 1.11 bits per heavy atom. The van der Waals surface area contributed by atoms with Crippen LogP contribution < -0.4 is 25.6 Å². The van der Waals surface area contributed by atoms with Gasteiger partial charge in [-0.1, -0.05) is 24.3 Å². The number of nitrogens with one attached hydrogen (secondary N) is 3. The normalized spacial score (nSPS) is 15.9. The maximum Gasteiger partial charge on any atom is 0.407 e. The van der Waals surface area contributed by atoms with Crippen LogP contribution in [-0.4, -0.2) is 66.6 Å². The van der Waals surface area contributed by atoms with Crippen molar-refractivity contribution in [1.29, 1.82) is 0 Å². The molecular weight excluding hydrogens is 608 g/mol. The number of anilines is 3. The Morgan fingerprint density at radius 2 is 1.93 bits per heavy atom. The van der Waals surface area contributed by atoms with Crippen molar-refractivity contribution in [2.45, 2.75) is 25.8 Å². The minimum Gasteiger partial charge on any atom is -0.457 e. The zero-order valence-corrected chi connectivity index (χ0v) is 26.1. The van der Waals surface area contributed by atoms with Crippen LogP contribution >= 0.6 is 11.3 Å². The van der Waals surface area contributed by atoms with Crippen molar-refractivity contribution in [3.63, 3.8) is 0 Å². The Morgan fingerprint density at radius 3 is 2.72 bits per heavy atom. The highest BCUT2D eigenvalue weighted by Crippen LogP contribution is 2.46. The number of hydrogen-bond acceptors (Lipinski definition) is 8. The predicted molar refractivity (Wildman–Crippen MR) is 175 cm³/mol. The maximum absolute atomic E-state index is 13.6. The number of aryl methyl sites for hydroxylation is 1. The molecule has 2 aromatic heterocycles. The smallest absolute Gasteiger partial charge is 0.407 e. The number of likely N-dealkylation sites (tertiary alicyclic amines) is 1. The minimum atomic E-state index is -0.581. The SMILES string of the molecule is COC(=O)NC/C=C/C(=O)N1CCC[C@@H](NC(=O)c2sc3nccc4c3c2NC(=O)N4c2ccc(Oc3ccccc3)cc2C)C1. The molecule has 2 aliphatic heterocycles. The maximum atomic E-state index is 13.6. The topological polar surface area (TPSA) is 142 Å². The fourth-order valence-corrected chi connectivity index (χ4v) is 6.60. The van der Waals surface area contributed by atoms with Crippen LogP contribution in [0.1, 0.15) is 28.1 Å². The van der Waals surface area contributed by atoms with Gasteiger partial charge in [-0.3, -0.25) is 14.5 Å². The van der Waals surface area contributed by atoms with Crippen molar-refractivity contribution in [1.82, 2.24) is 20.5 Å². The summed E-state index contributed by atoms with van der Waals surface area (Å²) in [6.45, 7) is 2.97. The molecule has 3 N–H and O–H groups in total. The van der Waals surface area contributed by atoms with Gasteiger partial charge in [0.05, 0.1) is 29.6 Å². The van der Waals surface area contributed by atoms with E-state index in [0.29, 0.717) is 63.2 Å². The van der Waals surface area contributed by atoms with Gasteiger partial charge in [0.1, 0.15) is 21.2 Å². The average molecular weight is 641 g/mol. The van der Waals surface area contributed by atoms with Crippen molar-refractivity contribution < 1.29 is 28.7 Å². The minimum absolute atomic E-state index is 0.161. The first-order chi connectivity index (χ1) is 22.3. The second-order valence-corrected chi connectivity index (χ2v) is 11.8. The Bertz CT molecular complexity index is 1840. The summed E-state index contributed by atoms with van der Waals surface area (Å²) >= 11 is 1.21. The van der Waals surface area contributed by atoms with Crippen LogP contribution in [0.2, 0.25) is 0 Å². The molecule has 2 aliphatic rings. The second kappa shape index (κ2) is 13.3. The van der Waals surface area contributed by atoms with E-state index in [2.05, 4.69) is 25.7 Å². The van der Waals surface area contributed by atoms with Gasteiger partial charge in [0.15, 0.2) is 0 Å². The van der Waals surface area contributed by atoms with Gasteiger partial charge in [0.25, 0.3) is 5.91 Å². The van der Waals surface area contributed by atoms with Crippen molar-refractivity contribution >= 4 is 62.6 Å². The molecule has 4 aromatic rings. The lowest BCUT2D eigenvalue weighted by Crippen LogP contribution is -2.49. The van der Waals surface area contributed by atoms with E-state index >= 15 is 0 Å². The number of amides is 5. The first-order valence-corrected chi connectivity index (χ1v) is 15.6. The van der Waals surface area contributed by atoms with E-state index in [9.17, 15) is 19.2 Å². The monoisotopic (exact) mass is 640 g/mol. The molecule has 4 heterocycles. The number of carbonyl (C=O) groups is 4. The number of piperidine rings is 1. The van der Waals surface area contributed by atoms with Crippen LogP contribution in [0, 0.1) is 6.92 Å². The lowest BCUT2D eigenvalue weighted by atomic mass is 10.0. The van der Waals surface area contributed by atoms with Crippen LogP contribution in [0.4, 0.5) is 26.7 Å². The molecule has 0 aliphatic carbocycles. The third kappa shape index (κ3) is 6.35. The van der Waals surface area contributed by atoms with E-state index in [4.69, 9.17) is 4.74 Å². The second-order valence-electron chi connectivity index (χ2n) is 10.8. The van der Waals surface area contributed by atoms with Crippen molar-refractivity contribution in [2.75, 3.05) is 37.0 Å². The van der Waals surface area contributed by atoms with Gasteiger partial charge in [0.2, 0.25) is 5.91 Å². The highest BCUT2D eigenvalue weighted by molar-refractivity contribution is 7.21. The number of urea groups is 1. The number of alkyl carbamates (subject to hydrolysis) is 1. The summed E-state index contributed by atoms with van der Waals surface area (Å²) in [6, 6.07) is 16.1. The molecule has 1 atom stereocenters. The number of hydrogen-bond donors (Lipinski definition) is 3. The van der Waals surface area contributed by atoms with E-state index in [1.54, 1.807) is 28.1 Å². The highest BCUT2D eigenvalue weighted by Gasteiger charge is 2.34. The molecule has 5 amide bonds. The third-order valence-corrected chi connectivity index (χ3v) is 8.82. The number of para-hydroxylation sites is 1. The van der Waals surface area contributed by atoms with Gasteiger partial charge in [-0.05, 0) is 61.7 Å². The molecule has 6 rings (SSSR count). The highest BCUT2D eigenvalue weighted by atomic mass is 32.1. The molecule has 1 saturated heterocycles. The molecule has 12 nitrogen and oxygen atoms in total. The van der Waals surface area contributed by atoms with Gasteiger partial charge in [0, 0.05) is 37.9 Å². The van der Waals surface area contributed by atoms with E-state index < -0.39 is 12.1 Å². The number of aromatic nitrogens is 1. The molecule has 13 heteroatoms. The van der Waals surface area contributed by atoms with Gasteiger partial charge in [-0.2, -0.15) is 0 Å². The number of rotatable bonds is 8. The van der Waals surface area contributed by atoms with Gasteiger partial charge in [-0.15, -0.1) is 11.3 Å². The number of carbonyl (C=O) groups excluding carboxylic acids is 4. The van der Waals surface area contributed by atoms with Crippen LogP contribution in [0.5, 0.6) is 11.5 Å². The Labute approximate surface area is 269 Å². The predicted octanol–water partition coefficient (Wildman–Crippen LogP) is 5.71. The fourth-order valence-electron chi connectivity index (χ4n) is 5.58. The third-order valence-electron chi connectivity index (χ3n) is 7.72. The fraction of sp³-hybridized carbons (Fsp3) is 0.242. The number of benzene rings is 2. The average Bonchev–Trinajstić information content (AvgIpc) is 3.43. The van der Waals surface area contributed by atoms with Crippen LogP contribution in [0.3, 0.4) is 0 Å². The number of ether oxygens (including phenoxy) is 2. The Hall–Kier alpha value is -5.43. The molecule has 236 valence electrons. The molecule has 0 spiro atoms. The van der Waals surface area contributed by atoms with Gasteiger partial charge in [-0.25, -0.2) is 14.6 Å². The standard InChI is InChI=1S/C33H32N6O6S/c1-20-18-23(45-22-9-4-3-5-10-22)12-13-24(20)39-25-14-16-34-31-27(25)28(37-32(39)42)29(46-31)30(41)36-21-8-7-17-38(19-21)26(40)11-6-15-35-33(43)44-2/h3-6,9-14,16,18,21H,7-8,15,17,19H2,1-2H3,(H,35,43)(H,36,41)(H,37,42)/b11-6+/t21-/m1/s1. The molecular formula is C33H32N6O6S. The van der Waals surface area contributed by atoms with Gasteiger partial charge < -0.3 is 30.3 Å². The van der Waals surface area contributed by atoms with Crippen molar-refractivity contribution in [3.8, 4) is 11.5 Å². The van der Waals surface area contributed by atoms with Crippen LogP contribution in [0.15, 0.2) is 72.9 Å². The van der Waals surface area contributed by atoms with E-state index in [-0.39, 0.29) is 24.4 Å². The molecule has 1 fully saturated rings.